The summed E-state index contributed by atoms with van der Waals surface area (Å²) in [5.74, 6) is 0.952. The lowest BCUT2D eigenvalue weighted by Crippen LogP contribution is -2.42. The van der Waals surface area contributed by atoms with Gasteiger partial charge in [0.05, 0.1) is 0 Å². The van der Waals surface area contributed by atoms with E-state index in [0.717, 1.165) is 19.0 Å². The lowest BCUT2D eigenvalue weighted by molar-refractivity contribution is 0.537. The third kappa shape index (κ3) is 8.57. The first kappa shape index (κ1) is 15.3. The Hall–Kier alpha value is -0.730. The van der Waals surface area contributed by atoms with Crippen molar-refractivity contribution in [3.05, 3.63) is 0 Å². The molecule has 3 heteroatoms. The number of rotatable bonds is 8. The van der Waals surface area contributed by atoms with E-state index >= 15 is 0 Å². The van der Waals surface area contributed by atoms with Crippen LogP contribution in [-0.4, -0.2) is 25.1 Å². The van der Waals surface area contributed by atoms with Gasteiger partial charge in [-0.1, -0.05) is 32.6 Å². The number of guanidine groups is 1. The Bertz CT molecular complexity index is 178. The van der Waals surface area contributed by atoms with E-state index in [2.05, 4.69) is 43.3 Å². The second-order valence-corrected chi connectivity index (χ2v) is 4.25. The van der Waals surface area contributed by atoms with Crippen molar-refractivity contribution in [2.24, 2.45) is 4.99 Å². The molecule has 0 aromatic rings. The fraction of sp³-hybridized carbons (Fsp3) is 0.923. The third-order valence-electron chi connectivity index (χ3n) is 2.53. The Morgan fingerprint density at radius 1 is 1.12 bits per heavy atom. The van der Waals surface area contributed by atoms with Gasteiger partial charge in [0.2, 0.25) is 0 Å². The number of hydrogen-bond donors (Lipinski definition) is 2. The molecule has 0 aromatic heterocycles. The van der Waals surface area contributed by atoms with Crippen LogP contribution in [0, 0.1) is 0 Å². The van der Waals surface area contributed by atoms with Crippen LogP contribution in [0.2, 0.25) is 0 Å². The van der Waals surface area contributed by atoms with Gasteiger partial charge < -0.3 is 10.6 Å². The summed E-state index contributed by atoms with van der Waals surface area (Å²) < 4.78 is 0. The molecule has 2 N–H and O–H groups in total. The van der Waals surface area contributed by atoms with Crippen molar-refractivity contribution in [3.63, 3.8) is 0 Å². The summed E-state index contributed by atoms with van der Waals surface area (Å²) in [7, 11) is 0. The third-order valence-corrected chi connectivity index (χ3v) is 2.53. The van der Waals surface area contributed by atoms with E-state index in [-0.39, 0.29) is 0 Å². The molecule has 1 atom stereocenters. The van der Waals surface area contributed by atoms with Crippen molar-refractivity contribution in [2.45, 2.75) is 65.8 Å². The highest BCUT2D eigenvalue weighted by molar-refractivity contribution is 5.79. The lowest BCUT2D eigenvalue weighted by atomic mass is 10.1. The van der Waals surface area contributed by atoms with Crippen LogP contribution in [0.4, 0.5) is 0 Å². The zero-order valence-corrected chi connectivity index (χ0v) is 11.5. The maximum absolute atomic E-state index is 4.39. The number of aliphatic imine (C=N–C) groups is 1. The van der Waals surface area contributed by atoms with E-state index in [0.29, 0.717) is 6.04 Å². The predicted molar refractivity (Wildman–Crippen MR) is 73.0 cm³/mol. The second-order valence-electron chi connectivity index (χ2n) is 4.25. The highest BCUT2D eigenvalue weighted by atomic mass is 15.2. The minimum Gasteiger partial charge on any atom is -0.357 e. The zero-order chi connectivity index (χ0) is 12.2. The Labute approximate surface area is 101 Å². The average Bonchev–Trinajstić information content (AvgIpc) is 2.25. The van der Waals surface area contributed by atoms with Gasteiger partial charge in [-0.05, 0) is 27.2 Å². The Morgan fingerprint density at radius 2 is 1.88 bits per heavy atom. The quantitative estimate of drug-likeness (QED) is 0.380. The summed E-state index contributed by atoms with van der Waals surface area (Å²) in [6.07, 6.45) is 6.56. The Kier molecular flexibility index (Phi) is 10.3. The predicted octanol–water partition coefficient (Wildman–Crippen LogP) is 2.92. The number of nitrogens with one attached hydrogen (secondary N) is 2. The maximum atomic E-state index is 4.39. The van der Waals surface area contributed by atoms with Gasteiger partial charge in [-0.2, -0.15) is 0 Å². The van der Waals surface area contributed by atoms with Gasteiger partial charge in [-0.3, -0.25) is 4.99 Å². The molecule has 0 bridgehead atoms. The van der Waals surface area contributed by atoms with Gasteiger partial charge in [-0.15, -0.1) is 0 Å². The van der Waals surface area contributed by atoms with E-state index < -0.39 is 0 Å². The van der Waals surface area contributed by atoms with Crippen LogP contribution in [0.1, 0.15) is 59.8 Å². The molecule has 0 radical (unpaired) electrons. The molecule has 96 valence electrons. The first-order valence-electron chi connectivity index (χ1n) is 6.79. The minimum atomic E-state index is 0.515. The van der Waals surface area contributed by atoms with Gasteiger partial charge >= 0.3 is 0 Å². The van der Waals surface area contributed by atoms with E-state index in [1.54, 1.807) is 0 Å². The van der Waals surface area contributed by atoms with Crippen LogP contribution in [0.25, 0.3) is 0 Å². The molecule has 16 heavy (non-hydrogen) atoms. The molecular weight excluding hydrogens is 198 g/mol. The molecule has 0 heterocycles. The molecule has 0 aliphatic rings. The number of hydrogen-bond acceptors (Lipinski definition) is 1. The van der Waals surface area contributed by atoms with E-state index in [1.807, 2.05) is 0 Å². The van der Waals surface area contributed by atoms with Crippen molar-refractivity contribution in [1.82, 2.24) is 10.6 Å². The van der Waals surface area contributed by atoms with Gasteiger partial charge in [0.1, 0.15) is 0 Å². The molecule has 0 fully saturated rings. The molecule has 0 rings (SSSR count). The van der Waals surface area contributed by atoms with Crippen molar-refractivity contribution in [2.75, 3.05) is 13.1 Å². The highest BCUT2D eigenvalue weighted by Gasteiger charge is 2.03. The van der Waals surface area contributed by atoms with Crippen LogP contribution in [0.15, 0.2) is 4.99 Å². The van der Waals surface area contributed by atoms with Crippen molar-refractivity contribution in [1.29, 1.82) is 0 Å². The topological polar surface area (TPSA) is 36.4 Å². The first-order chi connectivity index (χ1) is 7.74. The second kappa shape index (κ2) is 10.8. The lowest BCUT2D eigenvalue weighted by Gasteiger charge is -2.17. The largest absolute Gasteiger partial charge is 0.357 e. The number of unbranched alkanes of at least 4 members (excludes halogenated alkanes) is 3. The normalized spacial score (nSPS) is 13.6. The molecule has 0 aromatic carbocycles. The highest BCUT2D eigenvalue weighted by Crippen LogP contribution is 2.04. The van der Waals surface area contributed by atoms with E-state index in [9.17, 15) is 0 Å². The molecular formula is C13H29N3. The molecule has 3 nitrogen and oxygen atoms in total. The van der Waals surface area contributed by atoms with Gasteiger partial charge in [0, 0.05) is 19.1 Å². The van der Waals surface area contributed by atoms with Crippen LogP contribution in [0.3, 0.4) is 0 Å². The minimum absolute atomic E-state index is 0.515. The van der Waals surface area contributed by atoms with Crippen LogP contribution in [0.5, 0.6) is 0 Å². The standard InChI is InChI=1S/C13H29N3/c1-5-8-9-10-11-12(4)16-13(14-6-2)15-7-3/h12H,5-11H2,1-4H3,(H2,14,15,16). The molecule has 0 aliphatic carbocycles. The SMILES string of the molecule is CCCCCCC(C)NC(=NCC)NCC. The fourth-order valence-corrected chi connectivity index (χ4v) is 1.66. The van der Waals surface area contributed by atoms with Crippen LogP contribution < -0.4 is 10.6 Å². The first-order valence-corrected chi connectivity index (χ1v) is 6.79. The summed E-state index contributed by atoms with van der Waals surface area (Å²) in [6.45, 7) is 10.4. The van der Waals surface area contributed by atoms with Crippen molar-refractivity contribution >= 4 is 5.96 Å². The summed E-state index contributed by atoms with van der Waals surface area (Å²) in [5, 5.41) is 6.69. The molecule has 1 unspecified atom stereocenters. The van der Waals surface area contributed by atoms with Crippen LogP contribution in [-0.2, 0) is 0 Å². The van der Waals surface area contributed by atoms with Crippen molar-refractivity contribution in [3.8, 4) is 0 Å². The molecule has 0 aliphatic heterocycles. The van der Waals surface area contributed by atoms with E-state index in [1.165, 1.54) is 32.1 Å². The van der Waals surface area contributed by atoms with Gasteiger partial charge in [-0.25, -0.2) is 0 Å². The summed E-state index contributed by atoms with van der Waals surface area (Å²) in [6, 6.07) is 0.515. The maximum Gasteiger partial charge on any atom is 0.191 e. The van der Waals surface area contributed by atoms with Crippen molar-refractivity contribution < 1.29 is 0 Å². The zero-order valence-electron chi connectivity index (χ0n) is 11.5. The molecule has 0 saturated carbocycles. The van der Waals surface area contributed by atoms with Gasteiger partial charge in [0.15, 0.2) is 5.96 Å². The summed E-state index contributed by atoms with van der Waals surface area (Å²) >= 11 is 0. The van der Waals surface area contributed by atoms with Gasteiger partial charge in [0.25, 0.3) is 0 Å². The van der Waals surface area contributed by atoms with Crippen LogP contribution >= 0.6 is 0 Å². The molecule has 0 saturated heterocycles. The monoisotopic (exact) mass is 227 g/mol. The molecule has 0 amide bonds. The smallest absolute Gasteiger partial charge is 0.191 e. The summed E-state index contributed by atoms with van der Waals surface area (Å²) in [5.41, 5.74) is 0. The fourth-order valence-electron chi connectivity index (χ4n) is 1.66. The molecule has 0 spiro atoms. The Morgan fingerprint density at radius 3 is 2.44 bits per heavy atom. The average molecular weight is 227 g/mol. The van der Waals surface area contributed by atoms with E-state index in [4.69, 9.17) is 0 Å². The summed E-state index contributed by atoms with van der Waals surface area (Å²) in [4.78, 5) is 4.39. The Balaban J connectivity index is 3.72. The number of nitrogens with zero attached hydrogens (tertiary/aromatic N) is 1.